The second kappa shape index (κ2) is 6.75. The lowest BCUT2D eigenvalue weighted by Crippen LogP contribution is -2.52. The molecule has 2 fully saturated rings. The van der Waals surface area contributed by atoms with Crippen molar-refractivity contribution < 1.29 is 4.79 Å². The molecule has 0 bridgehead atoms. The molecule has 7 heteroatoms. The molecular weight excluding hydrogens is 322 g/mol. The Balaban J connectivity index is 1.69. The van der Waals surface area contributed by atoms with E-state index in [1.54, 1.807) is 11.9 Å². The van der Waals surface area contributed by atoms with E-state index in [0.29, 0.717) is 5.92 Å². The molecule has 2 aliphatic carbocycles. The fourth-order valence-corrected chi connectivity index (χ4v) is 4.39. The number of amides is 1. The van der Waals surface area contributed by atoms with E-state index in [1.165, 1.54) is 24.6 Å². The summed E-state index contributed by atoms with van der Waals surface area (Å²) < 4.78 is 2.01. The molecule has 0 N–H and O–H groups in total. The minimum Gasteiger partial charge on any atom is -0.326 e. The zero-order chi connectivity index (χ0) is 17.3. The van der Waals surface area contributed by atoms with Crippen molar-refractivity contribution in [2.45, 2.75) is 73.7 Å². The molecule has 0 aromatic carbocycles. The van der Waals surface area contributed by atoms with Crippen molar-refractivity contribution in [1.29, 1.82) is 5.26 Å². The van der Waals surface area contributed by atoms with Crippen molar-refractivity contribution in [2.24, 2.45) is 7.05 Å². The Morgan fingerprint density at radius 2 is 2.04 bits per heavy atom. The smallest absolute Gasteiger partial charge is 0.236 e. The van der Waals surface area contributed by atoms with E-state index in [2.05, 4.69) is 16.3 Å². The maximum Gasteiger partial charge on any atom is 0.236 e. The largest absolute Gasteiger partial charge is 0.326 e. The number of carbonyl (C=O) groups is 1. The highest BCUT2D eigenvalue weighted by Gasteiger charge is 2.40. The van der Waals surface area contributed by atoms with Crippen LogP contribution in [0.4, 0.5) is 0 Å². The van der Waals surface area contributed by atoms with E-state index in [1.807, 2.05) is 18.5 Å². The minimum absolute atomic E-state index is 0.000535. The molecule has 1 atom stereocenters. The highest BCUT2D eigenvalue weighted by atomic mass is 32.2. The molecule has 0 aliphatic heterocycles. The Bertz CT molecular complexity index is 654. The predicted octanol–water partition coefficient (Wildman–Crippen LogP) is 2.86. The first-order valence-electron chi connectivity index (χ1n) is 8.73. The lowest BCUT2D eigenvalue weighted by Gasteiger charge is -2.40. The van der Waals surface area contributed by atoms with Gasteiger partial charge in [0.15, 0.2) is 5.16 Å². The summed E-state index contributed by atoms with van der Waals surface area (Å²) in [6.45, 7) is 1.89. The van der Waals surface area contributed by atoms with Gasteiger partial charge in [-0.3, -0.25) is 4.79 Å². The Morgan fingerprint density at radius 1 is 1.38 bits per heavy atom. The maximum atomic E-state index is 12.9. The third-order valence-corrected chi connectivity index (χ3v) is 6.42. The maximum absolute atomic E-state index is 12.9. The number of aromatic nitrogens is 3. The topological polar surface area (TPSA) is 74.8 Å². The molecule has 1 aromatic heterocycles. The van der Waals surface area contributed by atoms with Crippen LogP contribution in [0.5, 0.6) is 0 Å². The lowest BCUT2D eigenvalue weighted by molar-refractivity contribution is -0.133. The van der Waals surface area contributed by atoms with Gasteiger partial charge in [0.1, 0.15) is 11.4 Å². The summed E-state index contributed by atoms with van der Waals surface area (Å²) in [6.07, 6.45) is 7.09. The van der Waals surface area contributed by atoms with Crippen LogP contribution in [0.15, 0.2) is 5.16 Å². The summed E-state index contributed by atoms with van der Waals surface area (Å²) in [7, 11) is 3.75. The molecule has 1 aromatic rings. The van der Waals surface area contributed by atoms with Gasteiger partial charge in [0.2, 0.25) is 5.91 Å². The van der Waals surface area contributed by atoms with Gasteiger partial charge < -0.3 is 9.47 Å². The number of nitrogens with zero attached hydrogens (tertiary/aromatic N) is 5. The van der Waals surface area contributed by atoms with Crippen LogP contribution in [-0.4, -0.2) is 43.4 Å². The molecule has 130 valence electrons. The molecule has 1 amide bonds. The van der Waals surface area contributed by atoms with Gasteiger partial charge in [0, 0.05) is 20.0 Å². The average molecular weight is 347 g/mol. The number of thioether (sulfide) groups is 1. The monoisotopic (exact) mass is 347 g/mol. The van der Waals surface area contributed by atoms with Crippen molar-refractivity contribution in [2.75, 3.05) is 7.05 Å². The van der Waals surface area contributed by atoms with Crippen molar-refractivity contribution in [3.8, 4) is 6.07 Å². The molecular formula is C17H25N5OS. The number of rotatable bonds is 5. The second-order valence-electron chi connectivity index (χ2n) is 7.04. The van der Waals surface area contributed by atoms with Crippen molar-refractivity contribution in [1.82, 2.24) is 19.7 Å². The fraction of sp³-hybridized carbons (Fsp3) is 0.765. The van der Waals surface area contributed by atoms with Crippen LogP contribution in [0.1, 0.15) is 63.6 Å². The van der Waals surface area contributed by atoms with Crippen molar-refractivity contribution >= 4 is 17.7 Å². The standard InChI is InChI=1S/C17H25N5OS/c1-12(24-16-20-19-14(21(16)2)13-7-8-13)15(23)22(3)17(11-18)9-5-4-6-10-17/h12-13H,4-10H2,1-3H3/t12-/m1/s1. The van der Waals surface area contributed by atoms with Crippen LogP contribution in [-0.2, 0) is 11.8 Å². The van der Waals surface area contributed by atoms with Gasteiger partial charge in [-0.05, 0) is 32.6 Å². The van der Waals surface area contributed by atoms with Gasteiger partial charge in [0.25, 0.3) is 0 Å². The minimum atomic E-state index is -0.636. The summed E-state index contributed by atoms with van der Waals surface area (Å²) in [5.74, 6) is 1.56. The highest BCUT2D eigenvalue weighted by Crippen LogP contribution is 2.40. The first kappa shape index (κ1) is 17.3. The zero-order valence-corrected chi connectivity index (χ0v) is 15.5. The second-order valence-corrected chi connectivity index (χ2v) is 8.34. The van der Waals surface area contributed by atoms with Crippen LogP contribution in [0.25, 0.3) is 0 Å². The molecule has 6 nitrogen and oxygen atoms in total. The van der Waals surface area contributed by atoms with Gasteiger partial charge in [-0.1, -0.05) is 31.0 Å². The van der Waals surface area contributed by atoms with E-state index in [-0.39, 0.29) is 11.2 Å². The molecule has 3 rings (SSSR count). The van der Waals surface area contributed by atoms with Crippen LogP contribution >= 0.6 is 11.8 Å². The van der Waals surface area contributed by atoms with Crippen LogP contribution in [0.3, 0.4) is 0 Å². The third kappa shape index (κ3) is 3.16. The van der Waals surface area contributed by atoms with Crippen molar-refractivity contribution in [3.63, 3.8) is 0 Å². The molecule has 2 saturated carbocycles. The van der Waals surface area contributed by atoms with Gasteiger partial charge in [-0.2, -0.15) is 5.26 Å². The summed E-state index contributed by atoms with van der Waals surface area (Å²) in [5, 5.41) is 18.7. The number of hydrogen-bond donors (Lipinski definition) is 0. The summed E-state index contributed by atoms with van der Waals surface area (Å²) in [4.78, 5) is 14.6. The van der Waals surface area contributed by atoms with Crippen LogP contribution in [0, 0.1) is 11.3 Å². The van der Waals surface area contributed by atoms with Gasteiger partial charge in [-0.15, -0.1) is 10.2 Å². The predicted molar refractivity (Wildman–Crippen MR) is 92.5 cm³/mol. The molecule has 0 spiro atoms. The van der Waals surface area contributed by atoms with E-state index >= 15 is 0 Å². The fourth-order valence-electron chi connectivity index (χ4n) is 3.48. The molecule has 24 heavy (non-hydrogen) atoms. The van der Waals surface area contributed by atoms with Crippen molar-refractivity contribution in [3.05, 3.63) is 5.82 Å². The quantitative estimate of drug-likeness (QED) is 0.766. The summed E-state index contributed by atoms with van der Waals surface area (Å²) in [5.41, 5.74) is -0.636. The molecule has 0 radical (unpaired) electrons. The Morgan fingerprint density at radius 3 is 2.62 bits per heavy atom. The Kier molecular flexibility index (Phi) is 4.86. The average Bonchev–Trinajstić information content (AvgIpc) is 3.39. The van der Waals surface area contributed by atoms with E-state index < -0.39 is 5.54 Å². The number of hydrogen-bond acceptors (Lipinski definition) is 5. The summed E-state index contributed by atoms with van der Waals surface area (Å²) in [6, 6.07) is 2.42. The normalized spacial score (nSPS) is 21.1. The van der Waals surface area contributed by atoms with E-state index in [9.17, 15) is 10.1 Å². The zero-order valence-electron chi connectivity index (χ0n) is 14.7. The van der Waals surface area contributed by atoms with Crippen LogP contribution < -0.4 is 0 Å². The van der Waals surface area contributed by atoms with Crippen LogP contribution in [0.2, 0.25) is 0 Å². The van der Waals surface area contributed by atoms with Gasteiger partial charge in [0.05, 0.1) is 11.3 Å². The highest BCUT2D eigenvalue weighted by molar-refractivity contribution is 8.00. The molecule has 1 heterocycles. The SMILES string of the molecule is C[C@@H](Sc1nnc(C2CC2)n1C)C(=O)N(C)C1(C#N)CCCCC1. The first-order chi connectivity index (χ1) is 11.5. The molecule has 0 unspecified atom stereocenters. The Hall–Kier alpha value is -1.55. The number of nitriles is 1. The van der Waals surface area contributed by atoms with Gasteiger partial charge in [-0.25, -0.2) is 0 Å². The molecule has 0 saturated heterocycles. The summed E-state index contributed by atoms with van der Waals surface area (Å²) >= 11 is 1.43. The third-order valence-electron chi connectivity index (χ3n) is 5.30. The lowest BCUT2D eigenvalue weighted by atomic mass is 9.81. The number of carbonyl (C=O) groups excluding carboxylic acids is 1. The first-order valence-corrected chi connectivity index (χ1v) is 9.61. The van der Waals surface area contributed by atoms with E-state index in [0.717, 1.165) is 43.1 Å². The molecule has 2 aliphatic rings. The van der Waals surface area contributed by atoms with Gasteiger partial charge >= 0.3 is 0 Å². The van der Waals surface area contributed by atoms with E-state index in [4.69, 9.17) is 0 Å². The Labute approximate surface area is 147 Å².